The average Bonchev–Trinajstić information content (AvgIpc) is 2.35. The molecule has 0 amide bonds. The zero-order valence-electron chi connectivity index (χ0n) is 10.9. The van der Waals surface area contributed by atoms with Crippen molar-refractivity contribution < 1.29 is 28.0 Å². The van der Waals surface area contributed by atoms with Crippen LogP contribution in [0, 0.1) is 16.0 Å². The van der Waals surface area contributed by atoms with Gasteiger partial charge in [-0.2, -0.15) is 4.31 Å². The van der Waals surface area contributed by atoms with Crippen LogP contribution in [0.25, 0.3) is 0 Å². The lowest BCUT2D eigenvalue weighted by Crippen LogP contribution is -2.52. The summed E-state index contributed by atoms with van der Waals surface area (Å²) in [6.07, 6.45) is 0. The highest BCUT2D eigenvalue weighted by Crippen LogP contribution is 2.33. The number of nitro benzene ring substituents is 1. The number of methoxy groups -OCH3 is 1. The number of carbonyl (C=O) groups is 1. The summed E-state index contributed by atoms with van der Waals surface area (Å²) in [6, 6.07) is 3.40. The first-order valence-corrected chi connectivity index (χ1v) is 7.26. The van der Waals surface area contributed by atoms with Crippen molar-refractivity contribution in [3.63, 3.8) is 0 Å². The van der Waals surface area contributed by atoms with Crippen LogP contribution in [0.3, 0.4) is 0 Å². The molecule has 0 aromatic heterocycles. The molecule has 1 aliphatic rings. The largest absolute Gasteiger partial charge is 0.497 e. The van der Waals surface area contributed by atoms with E-state index in [-0.39, 0.29) is 18.8 Å². The molecule has 1 saturated heterocycles. The van der Waals surface area contributed by atoms with Gasteiger partial charge in [-0.3, -0.25) is 14.9 Å². The molecule has 1 aromatic carbocycles. The molecule has 0 unspecified atom stereocenters. The summed E-state index contributed by atoms with van der Waals surface area (Å²) in [5, 5.41) is 19.8. The number of nitro groups is 1. The van der Waals surface area contributed by atoms with Gasteiger partial charge in [0.05, 0.1) is 24.0 Å². The lowest BCUT2D eigenvalue weighted by Gasteiger charge is -2.35. The number of carboxylic acid groups (broad SMARTS) is 1. The summed E-state index contributed by atoms with van der Waals surface area (Å²) >= 11 is 0. The van der Waals surface area contributed by atoms with E-state index in [2.05, 4.69) is 0 Å². The SMILES string of the molecule is COc1ccc(S(=O)(=O)N2CC(C(=O)O)C2)c([N+](=O)[O-])c1. The number of ether oxygens (including phenoxy) is 1. The maximum Gasteiger partial charge on any atom is 0.309 e. The molecule has 114 valence electrons. The molecule has 0 atom stereocenters. The van der Waals surface area contributed by atoms with E-state index in [0.29, 0.717) is 0 Å². The number of carboxylic acids is 1. The maximum absolute atomic E-state index is 12.3. The highest BCUT2D eigenvalue weighted by Gasteiger charge is 2.42. The molecule has 9 nitrogen and oxygen atoms in total. The first-order valence-electron chi connectivity index (χ1n) is 5.82. The van der Waals surface area contributed by atoms with Crippen molar-refractivity contribution >= 4 is 21.7 Å². The van der Waals surface area contributed by atoms with Crippen molar-refractivity contribution in [2.45, 2.75) is 4.90 Å². The minimum Gasteiger partial charge on any atom is -0.497 e. The summed E-state index contributed by atoms with van der Waals surface area (Å²) in [6.45, 7) is -0.387. The van der Waals surface area contributed by atoms with Crippen LogP contribution in [-0.2, 0) is 14.8 Å². The molecule has 21 heavy (non-hydrogen) atoms. The van der Waals surface area contributed by atoms with Gasteiger partial charge < -0.3 is 9.84 Å². The number of hydrogen-bond donors (Lipinski definition) is 1. The molecule has 0 radical (unpaired) electrons. The fraction of sp³-hybridized carbons (Fsp3) is 0.364. The second kappa shape index (κ2) is 5.30. The first kappa shape index (κ1) is 15.2. The van der Waals surface area contributed by atoms with Gasteiger partial charge in [0.1, 0.15) is 5.75 Å². The normalized spacial score (nSPS) is 16.2. The van der Waals surface area contributed by atoms with Gasteiger partial charge >= 0.3 is 5.97 Å². The van der Waals surface area contributed by atoms with Crippen LogP contribution in [0.5, 0.6) is 5.75 Å². The van der Waals surface area contributed by atoms with Gasteiger partial charge in [-0.15, -0.1) is 0 Å². The quantitative estimate of drug-likeness (QED) is 0.611. The second-order valence-corrected chi connectivity index (χ2v) is 6.35. The Kier molecular flexibility index (Phi) is 3.83. The van der Waals surface area contributed by atoms with Crippen molar-refractivity contribution in [3.8, 4) is 5.75 Å². The highest BCUT2D eigenvalue weighted by atomic mass is 32.2. The van der Waals surface area contributed by atoms with E-state index in [9.17, 15) is 23.3 Å². The zero-order chi connectivity index (χ0) is 15.8. The number of nitrogens with zero attached hydrogens (tertiary/aromatic N) is 2. The fourth-order valence-electron chi connectivity index (χ4n) is 1.91. The molecular formula is C11H12N2O7S. The summed E-state index contributed by atoms with van der Waals surface area (Å²) in [4.78, 5) is 20.4. The van der Waals surface area contributed by atoms with E-state index in [4.69, 9.17) is 9.84 Å². The molecular weight excluding hydrogens is 304 g/mol. The van der Waals surface area contributed by atoms with Crippen molar-refractivity contribution in [2.24, 2.45) is 5.92 Å². The van der Waals surface area contributed by atoms with E-state index < -0.39 is 37.4 Å². The fourth-order valence-corrected chi connectivity index (χ4v) is 3.58. The van der Waals surface area contributed by atoms with Gasteiger partial charge in [0.15, 0.2) is 4.90 Å². The Morgan fingerprint density at radius 2 is 2.10 bits per heavy atom. The van der Waals surface area contributed by atoms with Crippen LogP contribution in [0.1, 0.15) is 0 Å². The summed E-state index contributed by atoms with van der Waals surface area (Å²) in [5.74, 6) is -1.71. The molecule has 1 N–H and O–H groups in total. The van der Waals surface area contributed by atoms with Gasteiger partial charge in [0.25, 0.3) is 5.69 Å². The molecule has 0 aliphatic carbocycles. The van der Waals surface area contributed by atoms with Gasteiger partial charge in [0, 0.05) is 13.1 Å². The molecule has 1 aromatic rings. The van der Waals surface area contributed by atoms with Gasteiger partial charge in [-0.05, 0) is 12.1 Å². The predicted molar refractivity (Wildman–Crippen MR) is 69.5 cm³/mol. The van der Waals surface area contributed by atoms with Crippen molar-refractivity contribution in [2.75, 3.05) is 20.2 Å². The number of sulfonamides is 1. The van der Waals surface area contributed by atoms with Crippen LogP contribution in [-0.4, -0.2) is 48.9 Å². The molecule has 1 aliphatic heterocycles. The molecule has 1 fully saturated rings. The lowest BCUT2D eigenvalue weighted by atomic mass is 10.0. The van der Waals surface area contributed by atoms with Crippen molar-refractivity contribution in [3.05, 3.63) is 28.3 Å². The minimum absolute atomic E-state index is 0.160. The monoisotopic (exact) mass is 316 g/mol. The summed E-state index contributed by atoms with van der Waals surface area (Å²) < 4.78 is 30.3. The van der Waals surface area contributed by atoms with Crippen LogP contribution < -0.4 is 4.74 Å². The number of benzene rings is 1. The maximum atomic E-state index is 12.3. The first-order chi connectivity index (χ1) is 9.77. The van der Waals surface area contributed by atoms with E-state index >= 15 is 0 Å². The Morgan fingerprint density at radius 1 is 1.48 bits per heavy atom. The van der Waals surface area contributed by atoms with E-state index in [1.165, 1.54) is 13.2 Å². The van der Waals surface area contributed by atoms with Gasteiger partial charge in [-0.25, -0.2) is 8.42 Å². The molecule has 2 rings (SSSR count). The second-order valence-electron chi connectivity index (χ2n) is 4.45. The Balaban J connectivity index is 2.37. The summed E-state index contributed by atoms with van der Waals surface area (Å²) in [7, 11) is -2.79. The van der Waals surface area contributed by atoms with Crippen LogP contribution >= 0.6 is 0 Å². The van der Waals surface area contributed by atoms with Crippen LogP contribution in [0.4, 0.5) is 5.69 Å². The Morgan fingerprint density at radius 3 is 2.57 bits per heavy atom. The number of aliphatic carboxylic acids is 1. The zero-order valence-corrected chi connectivity index (χ0v) is 11.7. The average molecular weight is 316 g/mol. The molecule has 0 spiro atoms. The molecule has 0 bridgehead atoms. The van der Waals surface area contributed by atoms with Crippen molar-refractivity contribution in [1.82, 2.24) is 4.31 Å². The van der Waals surface area contributed by atoms with Crippen LogP contribution in [0.15, 0.2) is 23.1 Å². The third-order valence-corrected chi connectivity index (χ3v) is 5.06. The predicted octanol–water partition coefficient (Wildman–Crippen LogP) is 0.308. The minimum atomic E-state index is -4.10. The van der Waals surface area contributed by atoms with Crippen LogP contribution in [0.2, 0.25) is 0 Å². The van der Waals surface area contributed by atoms with E-state index in [1.807, 2.05) is 0 Å². The molecule has 1 heterocycles. The summed E-state index contributed by atoms with van der Waals surface area (Å²) in [5.41, 5.74) is -0.604. The van der Waals surface area contributed by atoms with E-state index in [0.717, 1.165) is 16.4 Å². The smallest absolute Gasteiger partial charge is 0.309 e. The Labute approximate surface area is 119 Å². The number of hydrogen-bond acceptors (Lipinski definition) is 6. The Bertz CT molecular complexity index is 695. The van der Waals surface area contributed by atoms with Gasteiger partial charge in [0.2, 0.25) is 10.0 Å². The highest BCUT2D eigenvalue weighted by molar-refractivity contribution is 7.89. The Hall–Kier alpha value is -2.20. The third-order valence-electron chi connectivity index (χ3n) is 3.18. The third kappa shape index (κ3) is 2.67. The van der Waals surface area contributed by atoms with E-state index in [1.54, 1.807) is 0 Å². The van der Waals surface area contributed by atoms with Gasteiger partial charge in [-0.1, -0.05) is 0 Å². The molecule has 0 saturated carbocycles. The molecule has 10 heteroatoms. The standard InChI is InChI=1S/C11H12N2O7S/c1-20-8-2-3-10(9(4-8)13(16)17)21(18,19)12-5-7(6-12)11(14)15/h2-4,7H,5-6H2,1H3,(H,14,15). The number of rotatable bonds is 5. The lowest BCUT2D eigenvalue weighted by molar-refractivity contribution is -0.387. The topological polar surface area (TPSA) is 127 Å². The van der Waals surface area contributed by atoms with Crippen molar-refractivity contribution in [1.29, 1.82) is 0 Å².